The molecule has 3 aromatic heterocycles. The van der Waals surface area contributed by atoms with E-state index in [1.165, 1.54) is 0 Å². The molecule has 0 bridgehead atoms. The number of nitrogens with zero attached hydrogens (tertiary/aromatic N) is 5. The lowest BCUT2D eigenvalue weighted by molar-refractivity contribution is 0.269. The molecule has 5 rings (SSSR count). The van der Waals surface area contributed by atoms with Gasteiger partial charge in [0.2, 0.25) is 0 Å². The Balaban J connectivity index is 1.66. The van der Waals surface area contributed by atoms with Crippen LogP contribution in [0.15, 0.2) is 59.4 Å². The summed E-state index contributed by atoms with van der Waals surface area (Å²) in [6.07, 6.45) is 3.52. The molecule has 0 amide bonds. The van der Waals surface area contributed by atoms with E-state index in [4.69, 9.17) is 26.1 Å². The maximum atomic E-state index is 9.19. The molecule has 5 aromatic rings. The number of fused-ring (bicyclic) bond motifs is 1. The van der Waals surface area contributed by atoms with Crippen molar-refractivity contribution in [3.05, 3.63) is 71.3 Å². The van der Waals surface area contributed by atoms with E-state index in [0.717, 1.165) is 44.7 Å². The first kappa shape index (κ1) is 21.1. The number of hydrogen-bond acceptors (Lipinski definition) is 7. The standard InChI is InChI=1S/C24H21ClN6O2/c1-14-22(15(2)33-30-14)16-3-8-21-20(11-16)24(27-19-6-4-18(25)5-7-19)29-23(28-21)17-12-26-31(13-17)9-10-32/h3-8,11-13,32H,9-10H2,1-2H3,(H,27,28,29). The third-order valence-electron chi connectivity index (χ3n) is 5.35. The highest BCUT2D eigenvalue weighted by Crippen LogP contribution is 2.33. The molecule has 0 saturated heterocycles. The van der Waals surface area contributed by atoms with Crippen LogP contribution in [0.5, 0.6) is 0 Å². The van der Waals surface area contributed by atoms with Gasteiger partial charge in [-0.25, -0.2) is 9.97 Å². The zero-order valence-corrected chi connectivity index (χ0v) is 18.8. The van der Waals surface area contributed by atoms with Crippen LogP contribution in [0.1, 0.15) is 11.5 Å². The molecule has 0 unspecified atom stereocenters. The van der Waals surface area contributed by atoms with Gasteiger partial charge < -0.3 is 14.9 Å². The average molecular weight is 461 g/mol. The number of aromatic nitrogens is 5. The Kier molecular flexibility index (Phi) is 5.53. The third kappa shape index (κ3) is 4.18. The highest BCUT2D eigenvalue weighted by atomic mass is 35.5. The Labute approximate surface area is 194 Å². The highest BCUT2D eigenvalue weighted by Gasteiger charge is 2.16. The van der Waals surface area contributed by atoms with Gasteiger partial charge in [-0.2, -0.15) is 5.10 Å². The summed E-state index contributed by atoms with van der Waals surface area (Å²) in [6.45, 7) is 4.24. The van der Waals surface area contributed by atoms with Crippen LogP contribution in [0.4, 0.5) is 11.5 Å². The van der Waals surface area contributed by atoms with Crippen molar-refractivity contribution in [1.82, 2.24) is 24.9 Å². The molecule has 0 spiro atoms. The van der Waals surface area contributed by atoms with Crippen LogP contribution < -0.4 is 5.32 Å². The molecule has 0 aliphatic carbocycles. The van der Waals surface area contributed by atoms with Gasteiger partial charge in [-0.15, -0.1) is 0 Å². The van der Waals surface area contributed by atoms with E-state index < -0.39 is 0 Å². The first-order valence-electron chi connectivity index (χ1n) is 10.4. The minimum Gasteiger partial charge on any atom is -0.394 e. The van der Waals surface area contributed by atoms with Crippen LogP contribution in [0.25, 0.3) is 33.4 Å². The number of aliphatic hydroxyl groups excluding tert-OH is 1. The number of rotatable bonds is 6. The van der Waals surface area contributed by atoms with Crippen LogP contribution >= 0.6 is 11.6 Å². The highest BCUT2D eigenvalue weighted by molar-refractivity contribution is 6.30. The molecule has 0 aliphatic rings. The lowest BCUT2D eigenvalue weighted by Crippen LogP contribution is -2.02. The predicted octanol–water partition coefficient (Wildman–Crippen LogP) is 5.15. The number of aliphatic hydroxyl groups is 1. The van der Waals surface area contributed by atoms with Crippen molar-refractivity contribution < 1.29 is 9.63 Å². The number of anilines is 2. The average Bonchev–Trinajstić information content (AvgIpc) is 3.41. The summed E-state index contributed by atoms with van der Waals surface area (Å²) in [5.74, 6) is 1.95. The number of hydrogen-bond donors (Lipinski definition) is 2. The van der Waals surface area contributed by atoms with Gasteiger partial charge in [0, 0.05) is 27.9 Å². The van der Waals surface area contributed by atoms with Gasteiger partial charge in [0.1, 0.15) is 11.6 Å². The lowest BCUT2D eigenvalue weighted by Gasteiger charge is -2.12. The van der Waals surface area contributed by atoms with Crippen LogP contribution in [0.2, 0.25) is 5.02 Å². The van der Waals surface area contributed by atoms with E-state index in [9.17, 15) is 5.11 Å². The molecular weight excluding hydrogens is 440 g/mol. The molecular formula is C24H21ClN6O2. The summed E-state index contributed by atoms with van der Waals surface area (Å²) in [7, 11) is 0. The maximum absolute atomic E-state index is 9.19. The number of benzene rings is 2. The summed E-state index contributed by atoms with van der Waals surface area (Å²) >= 11 is 6.06. The van der Waals surface area contributed by atoms with Crippen LogP contribution in [-0.4, -0.2) is 36.6 Å². The summed E-state index contributed by atoms with van der Waals surface area (Å²) in [4.78, 5) is 9.59. The van der Waals surface area contributed by atoms with Gasteiger partial charge in [0.05, 0.1) is 36.1 Å². The van der Waals surface area contributed by atoms with E-state index >= 15 is 0 Å². The molecule has 0 aliphatic heterocycles. The molecule has 0 radical (unpaired) electrons. The van der Waals surface area contributed by atoms with Gasteiger partial charge in [-0.05, 0) is 55.8 Å². The van der Waals surface area contributed by atoms with Gasteiger partial charge in [-0.3, -0.25) is 4.68 Å². The van der Waals surface area contributed by atoms with Crippen molar-refractivity contribution in [1.29, 1.82) is 0 Å². The molecule has 2 N–H and O–H groups in total. The fourth-order valence-corrected chi connectivity index (χ4v) is 3.90. The van der Waals surface area contributed by atoms with Crippen LogP contribution in [0, 0.1) is 13.8 Å². The van der Waals surface area contributed by atoms with Crippen molar-refractivity contribution in [2.24, 2.45) is 0 Å². The quantitative estimate of drug-likeness (QED) is 0.361. The molecule has 0 fully saturated rings. The second-order valence-corrected chi connectivity index (χ2v) is 8.11. The molecule has 3 heterocycles. The molecule has 9 heteroatoms. The zero-order chi connectivity index (χ0) is 22.9. The Hall–Kier alpha value is -3.75. The normalized spacial score (nSPS) is 11.3. The maximum Gasteiger partial charge on any atom is 0.165 e. The Morgan fingerprint density at radius 3 is 2.61 bits per heavy atom. The summed E-state index contributed by atoms with van der Waals surface area (Å²) < 4.78 is 7.02. The molecule has 0 saturated carbocycles. The largest absolute Gasteiger partial charge is 0.394 e. The fraction of sp³-hybridized carbons (Fsp3) is 0.167. The monoisotopic (exact) mass is 460 g/mol. The smallest absolute Gasteiger partial charge is 0.165 e. The summed E-state index contributed by atoms with van der Waals surface area (Å²) in [6, 6.07) is 13.4. The number of aryl methyl sites for hydroxylation is 2. The topological polar surface area (TPSA) is 102 Å². The van der Waals surface area contributed by atoms with E-state index in [1.54, 1.807) is 10.9 Å². The predicted molar refractivity (Wildman–Crippen MR) is 128 cm³/mol. The van der Waals surface area contributed by atoms with Gasteiger partial charge in [0.25, 0.3) is 0 Å². The minimum absolute atomic E-state index is 0.00749. The Morgan fingerprint density at radius 2 is 1.88 bits per heavy atom. The van der Waals surface area contributed by atoms with Crippen LogP contribution in [-0.2, 0) is 6.54 Å². The van der Waals surface area contributed by atoms with Crippen molar-refractivity contribution >= 4 is 34.0 Å². The van der Waals surface area contributed by atoms with Gasteiger partial charge >= 0.3 is 0 Å². The second kappa shape index (κ2) is 8.65. The molecule has 166 valence electrons. The molecule has 33 heavy (non-hydrogen) atoms. The minimum atomic E-state index is 0.00749. The summed E-state index contributed by atoms with van der Waals surface area (Å²) in [5.41, 5.74) is 5.16. The zero-order valence-electron chi connectivity index (χ0n) is 18.1. The Bertz CT molecular complexity index is 1420. The van der Waals surface area contributed by atoms with Crippen molar-refractivity contribution in [2.75, 3.05) is 11.9 Å². The second-order valence-electron chi connectivity index (χ2n) is 7.67. The van der Waals surface area contributed by atoms with Crippen molar-refractivity contribution in [2.45, 2.75) is 20.4 Å². The fourth-order valence-electron chi connectivity index (χ4n) is 3.78. The van der Waals surface area contributed by atoms with E-state index in [1.807, 2.05) is 62.5 Å². The van der Waals surface area contributed by atoms with Crippen molar-refractivity contribution in [3.8, 4) is 22.5 Å². The van der Waals surface area contributed by atoms with E-state index in [0.29, 0.717) is 23.2 Å². The molecule has 0 atom stereocenters. The SMILES string of the molecule is Cc1noc(C)c1-c1ccc2nc(-c3cnn(CCO)c3)nc(Nc3ccc(Cl)cc3)c2c1. The van der Waals surface area contributed by atoms with E-state index in [-0.39, 0.29) is 6.61 Å². The summed E-state index contributed by atoms with van der Waals surface area (Å²) in [5, 5.41) is 22.5. The van der Waals surface area contributed by atoms with Gasteiger partial charge in [0.15, 0.2) is 5.82 Å². The number of nitrogens with one attached hydrogen (secondary N) is 1. The van der Waals surface area contributed by atoms with Gasteiger partial charge in [-0.1, -0.05) is 22.8 Å². The molecule has 8 nitrogen and oxygen atoms in total. The first-order valence-corrected chi connectivity index (χ1v) is 10.8. The van der Waals surface area contributed by atoms with Crippen molar-refractivity contribution in [3.63, 3.8) is 0 Å². The first-order chi connectivity index (χ1) is 16.0. The Morgan fingerprint density at radius 1 is 1.06 bits per heavy atom. The molecule has 2 aromatic carbocycles. The van der Waals surface area contributed by atoms with Crippen LogP contribution in [0.3, 0.4) is 0 Å². The number of halogens is 1. The third-order valence-corrected chi connectivity index (χ3v) is 5.60. The van der Waals surface area contributed by atoms with E-state index in [2.05, 4.69) is 15.6 Å². The lowest BCUT2D eigenvalue weighted by atomic mass is 10.0.